The Morgan fingerprint density at radius 3 is 2.53 bits per heavy atom. The molecule has 4 heteroatoms. The summed E-state index contributed by atoms with van der Waals surface area (Å²) in [7, 11) is 3.53. The number of methoxy groups -OCH3 is 1. The van der Waals surface area contributed by atoms with Crippen molar-refractivity contribution in [3.05, 3.63) is 48.2 Å². The minimum absolute atomic E-state index is 0.220. The summed E-state index contributed by atoms with van der Waals surface area (Å²) in [5.74, 6) is 1.73. The number of pyridine rings is 1. The molecule has 1 heterocycles. The summed E-state index contributed by atoms with van der Waals surface area (Å²) in [6, 6.07) is 12.2. The van der Waals surface area contributed by atoms with Crippen molar-refractivity contribution in [2.75, 3.05) is 24.8 Å². The van der Waals surface area contributed by atoms with Crippen molar-refractivity contribution < 1.29 is 4.74 Å². The van der Waals surface area contributed by atoms with E-state index in [1.165, 1.54) is 5.56 Å². The molecule has 2 rings (SSSR count). The molecule has 0 fully saturated rings. The topological polar surface area (TPSA) is 46.2 Å². The molecule has 0 saturated carbocycles. The van der Waals surface area contributed by atoms with Gasteiger partial charge in [0.1, 0.15) is 11.6 Å². The van der Waals surface area contributed by atoms with E-state index >= 15 is 0 Å². The van der Waals surface area contributed by atoms with Crippen LogP contribution >= 0.6 is 0 Å². The highest BCUT2D eigenvalue weighted by Crippen LogP contribution is 2.22. The maximum atomic E-state index is 5.16. The van der Waals surface area contributed by atoms with E-state index in [9.17, 15) is 0 Å². The summed E-state index contributed by atoms with van der Waals surface area (Å²) in [4.78, 5) is 4.19. The minimum atomic E-state index is 0.220. The predicted octanol–water partition coefficient (Wildman–Crippen LogP) is 3.31. The second-order valence-corrected chi connectivity index (χ2v) is 4.32. The molecule has 0 aliphatic carbocycles. The van der Waals surface area contributed by atoms with Gasteiger partial charge in [-0.05, 0) is 30.7 Å². The number of nitrogens with zero attached hydrogens (tertiary/aromatic N) is 1. The van der Waals surface area contributed by atoms with Crippen LogP contribution in [0.4, 0.5) is 11.5 Å². The highest BCUT2D eigenvalue weighted by Gasteiger charge is 2.06. The normalized spacial score (nSPS) is 11.7. The Morgan fingerprint density at radius 1 is 1.16 bits per heavy atom. The van der Waals surface area contributed by atoms with E-state index in [0.29, 0.717) is 0 Å². The van der Waals surface area contributed by atoms with Crippen molar-refractivity contribution in [2.24, 2.45) is 0 Å². The van der Waals surface area contributed by atoms with E-state index in [1.807, 2.05) is 31.3 Å². The monoisotopic (exact) mass is 257 g/mol. The number of benzene rings is 1. The molecule has 0 aliphatic rings. The zero-order valence-electron chi connectivity index (χ0n) is 11.5. The Morgan fingerprint density at radius 2 is 1.89 bits per heavy atom. The van der Waals surface area contributed by atoms with Crippen molar-refractivity contribution in [1.82, 2.24) is 4.98 Å². The summed E-state index contributed by atoms with van der Waals surface area (Å²) in [5, 5.41) is 6.48. The lowest BCUT2D eigenvalue weighted by Gasteiger charge is -2.16. The number of hydrogen-bond donors (Lipinski definition) is 2. The first-order chi connectivity index (χ1) is 9.22. The van der Waals surface area contributed by atoms with Gasteiger partial charge < -0.3 is 15.4 Å². The number of hydrogen-bond acceptors (Lipinski definition) is 4. The average Bonchev–Trinajstić information content (AvgIpc) is 2.47. The lowest BCUT2D eigenvalue weighted by molar-refractivity contribution is 0.414. The first-order valence-corrected chi connectivity index (χ1v) is 6.27. The standard InChI is InChI=1S/C15H19N3O/c1-11(12-4-6-14(19-3)7-5-12)18-13-8-9-17-15(10-13)16-2/h4-11H,1-3H3,(H2,16,17,18). The molecule has 0 bridgehead atoms. The number of nitrogens with one attached hydrogen (secondary N) is 2. The van der Waals surface area contributed by atoms with Gasteiger partial charge in [-0.15, -0.1) is 0 Å². The Hall–Kier alpha value is -2.23. The number of aromatic nitrogens is 1. The molecule has 0 radical (unpaired) electrons. The van der Waals surface area contributed by atoms with Crippen molar-refractivity contribution in [2.45, 2.75) is 13.0 Å². The molecule has 0 amide bonds. The highest BCUT2D eigenvalue weighted by molar-refractivity contribution is 5.52. The minimum Gasteiger partial charge on any atom is -0.497 e. The lowest BCUT2D eigenvalue weighted by Crippen LogP contribution is -2.07. The quantitative estimate of drug-likeness (QED) is 0.862. The molecule has 0 aliphatic heterocycles. The first kappa shape index (κ1) is 13.2. The molecule has 0 spiro atoms. The van der Waals surface area contributed by atoms with E-state index in [2.05, 4.69) is 34.7 Å². The predicted molar refractivity (Wildman–Crippen MR) is 78.8 cm³/mol. The molecular weight excluding hydrogens is 238 g/mol. The van der Waals surface area contributed by atoms with Gasteiger partial charge in [0.15, 0.2) is 0 Å². The summed E-state index contributed by atoms with van der Waals surface area (Å²) < 4.78 is 5.16. The second kappa shape index (κ2) is 6.09. The Bertz CT molecular complexity index is 525. The summed E-state index contributed by atoms with van der Waals surface area (Å²) in [6.07, 6.45) is 1.79. The second-order valence-electron chi connectivity index (χ2n) is 4.32. The zero-order chi connectivity index (χ0) is 13.7. The smallest absolute Gasteiger partial charge is 0.127 e. The van der Waals surface area contributed by atoms with Crippen LogP contribution in [0.15, 0.2) is 42.6 Å². The zero-order valence-corrected chi connectivity index (χ0v) is 11.5. The number of anilines is 2. The van der Waals surface area contributed by atoms with Crippen LogP contribution in [-0.2, 0) is 0 Å². The molecule has 2 aromatic rings. The summed E-state index contributed by atoms with van der Waals surface area (Å²) in [6.45, 7) is 2.13. The van der Waals surface area contributed by atoms with Gasteiger partial charge in [-0.2, -0.15) is 0 Å². The maximum absolute atomic E-state index is 5.16. The Kier molecular flexibility index (Phi) is 4.23. The van der Waals surface area contributed by atoms with Crippen LogP contribution in [0.5, 0.6) is 5.75 Å². The van der Waals surface area contributed by atoms with Gasteiger partial charge >= 0.3 is 0 Å². The van der Waals surface area contributed by atoms with Crippen LogP contribution < -0.4 is 15.4 Å². The van der Waals surface area contributed by atoms with E-state index in [1.54, 1.807) is 13.3 Å². The fraction of sp³-hybridized carbons (Fsp3) is 0.267. The van der Waals surface area contributed by atoms with Gasteiger partial charge in [0, 0.05) is 31.0 Å². The van der Waals surface area contributed by atoms with Gasteiger partial charge in [-0.3, -0.25) is 0 Å². The van der Waals surface area contributed by atoms with E-state index in [-0.39, 0.29) is 6.04 Å². The number of ether oxygens (including phenoxy) is 1. The molecule has 4 nitrogen and oxygen atoms in total. The SMILES string of the molecule is CNc1cc(NC(C)c2ccc(OC)cc2)ccn1. The first-order valence-electron chi connectivity index (χ1n) is 6.27. The summed E-state index contributed by atoms with van der Waals surface area (Å²) in [5.41, 5.74) is 2.26. The van der Waals surface area contributed by atoms with Gasteiger partial charge in [0.05, 0.1) is 7.11 Å². The largest absolute Gasteiger partial charge is 0.497 e. The van der Waals surface area contributed by atoms with Crippen molar-refractivity contribution >= 4 is 11.5 Å². The molecule has 0 saturated heterocycles. The van der Waals surface area contributed by atoms with Crippen LogP contribution in [0.1, 0.15) is 18.5 Å². The van der Waals surface area contributed by atoms with Crippen LogP contribution in [0.25, 0.3) is 0 Å². The van der Waals surface area contributed by atoms with E-state index < -0.39 is 0 Å². The van der Waals surface area contributed by atoms with Gasteiger partial charge in [0.2, 0.25) is 0 Å². The van der Waals surface area contributed by atoms with E-state index in [4.69, 9.17) is 4.74 Å². The number of rotatable bonds is 5. The van der Waals surface area contributed by atoms with Gasteiger partial charge in [0.25, 0.3) is 0 Å². The molecule has 19 heavy (non-hydrogen) atoms. The van der Waals surface area contributed by atoms with Crippen LogP contribution in [0.3, 0.4) is 0 Å². The third kappa shape index (κ3) is 3.37. The third-order valence-electron chi connectivity index (χ3n) is 3.02. The summed E-state index contributed by atoms with van der Waals surface area (Å²) >= 11 is 0. The van der Waals surface area contributed by atoms with Gasteiger partial charge in [-0.25, -0.2) is 4.98 Å². The Labute approximate surface area is 113 Å². The highest BCUT2D eigenvalue weighted by atomic mass is 16.5. The van der Waals surface area contributed by atoms with Crippen LogP contribution in [-0.4, -0.2) is 19.1 Å². The molecule has 1 unspecified atom stereocenters. The molecule has 1 atom stereocenters. The lowest BCUT2D eigenvalue weighted by atomic mass is 10.1. The molecule has 1 aromatic heterocycles. The molecule has 100 valence electrons. The molecular formula is C15H19N3O. The maximum Gasteiger partial charge on any atom is 0.127 e. The van der Waals surface area contributed by atoms with Crippen LogP contribution in [0, 0.1) is 0 Å². The fourth-order valence-electron chi connectivity index (χ4n) is 1.88. The average molecular weight is 257 g/mol. The van der Waals surface area contributed by atoms with Gasteiger partial charge in [-0.1, -0.05) is 12.1 Å². The molecule has 1 aromatic carbocycles. The van der Waals surface area contributed by atoms with Crippen molar-refractivity contribution in [1.29, 1.82) is 0 Å². The van der Waals surface area contributed by atoms with Crippen molar-refractivity contribution in [3.63, 3.8) is 0 Å². The molecule has 2 N–H and O–H groups in total. The Balaban J connectivity index is 2.08. The third-order valence-corrected chi connectivity index (χ3v) is 3.02. The fourth-order valence-corrected chi connectivity index (χ4v) is 1.88. The van der Waals surface area contributed by atoms with Crippen molar-refractivity contribution in [3.8, 4) is 5.75 Å². The van der Waals surface area contributed by atoms with Crippen LogP contribution in [0.2, 0.25) is 0 Å². The van der Waals surface area contributed by atoms with E-state index in [0.717, 1.165) is 17.3 Å².